The first-order valence-corrected chi connectivity index (χ1v) is 8.40. The quantitative estimate of drug-likeness (QED) is 0.494. The molecule has 0 aliphatic heterocycles. The van der Waals surface area contributed by atoms with Gasteiger partial charge in [0.2, 0.25) is 0 Å². The summed E-state index contributed by atoms with van der Waals surface area (Å²) in [5.41, 5.74) is 1.07. The maximum Gasteiger partial charge on any atom is 0.276 e. The molecule has 0 unspecified atom stereocenters. The second kappa shape index (κ2) is 7.51. The van der Waals surface area contributed by atoms with E-state index in [0.717, 1.165) is 11.6 Å². The number of allylic oxidation sites excluding steroid dienone is 1. The van der Waals surface area contributed by atoms with Crippen LogP contribution in [0, 0.1) is 17.0 Å². The van der Waals surface area contributed by atoms with Crippen molar-refractivity contribution in [3.63, 3.8) is 0 Å². The summed E-state index contributed by atoms with van der Waals surface area (Å²) < 4.78 is 24.2. The zero-order chi connectivity index (χ0) is 17.6. The first kappa shape index (κ1) is 17.4. The van der Waals surface area contributed by atoms with Gasteiger partial charge in [-0.25, -0.2) is 4.83 Å². The summed E-state index contributed by atoms with van der Waals surface area (Å²) in [5.74, 6) is 0. The van der Waals surface area contributed by atoms with E-state index in [1.165, 1.54) is 25.3 Å². The summed E-state index contributed by atoms with van der Waals surface area (Å²) in [6, 6.07) is 13.1. The Morgan fingerprint density at radius 2 is 1.88 bits per heavy atom. The number of rotatable bonds is 6. The van der Waals surface area contributed by atoms with E-state index in [4.69, 9.17) is 0 Å². The minimum absolute atomic E-state index is 0.219. The molecule has 2 aromatic rings. The second-order valence-electron chi connectivity index (χ2n) is 4.85. The van der Waals surface area contributed by atoms with Crippen LogP contribution in [0.25, 0.3) is 6.08 Å². The molecule has 7 nitrogen and oxygen atoms in total. The Morgan fingerprint density at radius 3 is 2.54 bits per heavy atom. The standard InChI is InChI=1S/C16H15N3O4S/c1-13-9-10-15(12-16(13)19(20)21)24(22,23)18-17-11-5-8-14-6-3-2-4-7-14/h2-12,18H,1H3/b8-5+,17-11-. The lowest BCUT2D eigenvalue weighted by molar-refractivity contribution is -0.385. The zero-order valence-electron chi connectivity index (χ0n) is 12.8. The number of benzene rings is 2. The molecule has 0 aliphatic rings. The van der Waals surface area contributed by atoms with Crippen molar-refractivity contribution in [2.24, 2.45) is 5.10 Å². The molecular formula is C16H15N3O4S. The summed E-state index contributed by atoms with van der Waals surface area (Å²) in [4.78, 5) is 12.1. The summed E-state index contributed by atoms with van der Waals surface area (Å²) in [6.45, 7) is 1.54. The van der Waals surface area contributed by atoms with Crippen molar-refractivity contribution in [1.82, 2.24) is 4.83 Å². The van der Waals surface area contributed by atoms with Crippen LogP contribution in [0.2, 0.25) is 0 Å². The maximum absolute atomic E-state index is 12.1. The van der Waals surface area contributed by atoms with Gasteiger partial charge in [-0.3, -0.25) is 10.1 Å². The van der Waals surface area contributed by atoms with Gasteiger partial charge < -0.3 is 0 Å². The zero-order valence-corrected chi connectivity index (χ0v) is 13.6. The van der Waals surface area contributed by atoms with Gasteiger partial charge in [0.15, 0.2) is 0 Å². The third-order valence-corrected chi connectivity index (χ3v) is 4.33. The molecule has 1 N–H and O–H groups in total. The highest BCUT2D eigenvalue weighted by atomic mass is 32.2. The second-order valence-corrected chi connectivity index (χ2v) is 6.51. The number of nitro benzene ring substituents is 1. The average Bonchev–Trinajstić information content (AvgIpc) is 2.55. The van der Waals surface area contributed by atoms with Crippen LogP contribution < -0.4 is 4.83 Å². The van der Waals surface area contributed by atoms with Crippen LogP contribution in [0.3, 0.4) is 0 Å². The van der Waals surface area contributed by atoms with Crippen molar-refractivity contribution in [1.29, 1.82) is 0 Å². The van der Waals surface area contributed by atoms with Crippen molar-refractivity contribution < 1.29 is 13.3 Å². The van der Waals surface area contributed by atoms with Crippen LogP contribution in [0.5, 0.6) is 0 Å². The Kier molecular flexibility index (Phi) is 5.43. The Hall–Kier alpha value is -3.00. The van der Waals surface area contributed by atoms with Gasteiger partial charge in [0, 0.05) is 17.8 Å². The number of hydrazone groups is 1. The van der Waals surface area contributed by atoms with Crippen molar-refractivity contribution in [3.8, 4) is 0 Å². The fourth-order valence-electron chi connectivity index (χ4n) is 1.87. The summed E-state index contributed by atoms with van der Waals surface area (Å²) in [7, 11) is -3.96. The summed E-state index contributed by atoms with van der Waals surface area (Å²) in [6.07, 6.45) is 4.62. The van der Waals surface area contributed by atoms with Gasteiger partial charge in [-0.2, -0.15) is 13.5 Å². The van der Waals surface area contributed by atoms with Gasteiger partial charge in [-0.1, -0.05) is 42.5 Å². The SMILES string of the molecule is Cc1ccc(S(=O)(=O)N/N=C\C=C\c2ccccc2)cc1[N+](=O)[O-]. The van der Waals surface area contributed by atoms with Crippen molar-refractivity contribution in [2.75, 3.05) is 0 Å². The molecule has 0 radical (unpaired) electrons. The van der Waals surface area contributed by atoms with E-state index in [0.29, 0.717) is 5.56 Å². The van der Waals surface area contributed by atoms with Gasteiger partial charge in [0.05, 0.1) is 9.82 Å². The lowest BCUT2D eigenvalue weighted by atomic mass is 10.2. The van der Waals surface area contributed by atoms with Gasteiger partial charge in [0.1, 0.15) is 0 Å². The predicted molar refractivity (Wildman–Crippen MR) is 92.1 cm³/mol. The molecule has 2 aromatic carbocycles. The number of nitrogens with zero attached hydrogens (tertiary/aromatic N) is 2. The molecular weight excluding hydrogens is 330 g/mol. The normalized spacial score (nSPS) is 11.9. The van der Waals surface area contributed by atoms with E-state index in [2.05, 4.69) is 5.10 Å². The maximum atomic E-state index is 12.1. The van der Waals surface area contributed by atoms with E-state index in [1.54, 1.807) is 12.2 Å². The fourth-order valence-corrected chi connectivity index (χ4v) is 2.69. The molecule has 0 bridgehead atoms. The number of sulfonamides is 1. The van der Waals surface area contributed by atoms with Crippen LogP contribution >= 0.6 is 0 Å². The number of aryl methyl sites for hydroxylation is 1. The minimum atomic E-state index is -3.96. The Balaban J connectivity index is 2.09. The molecule has 0 fully saturated rings. The van der Waals surface area contributed by atoms with Crippen LogP contribution in [0.4, 0.5) is 5.69 Å². The highest BCUT2D eigenvalue weighted by Gasteiger charge is 2.19. The highest BCUT2D eigenvalue weighted by molar-refractivity contribution is 7.89. The largest absolute Gasteiger partial charge is 0.276 e. The lowest BCUT2D eigenvalue weighted by Crippen LogP contribution is -2.18. The number of nitrogens with one attached hydrogen (secondary N) is 1. The monoisotopic (exact) mass is 345 g/mol. The first-order valence-electron chi connectivity index (χ1n) is 6.92. The minimum Gasteiger partial charge on any atom is -0.258 e. The molecule has 0 heterocycles. The Morgan fingerprint density at radius 1 is 1.17 bits per heavy atom. The number of hydrogen-bond acceptors (Lipinski definition) is 5. The molecule has 0 atom stereocenters. The predicted octanol–water partition coefficient (Wildman–Crippen LogP) is 2.88. The third-order valence-electron chi connectivity index (χ3n) is 3.11. The Bertz CT molecular complexity index is 891. The molecule has 0 amide bonds. The van der Waals surface area contributed by atoms with E-state index >= 15 is 0 Å². The molecule has 24 heavy (non-hydrogen) atoms. The molecule has 0 spiro atoms. The molecule has 124 valence electrons. The molecule has 8 heteroatoms. The topological polar surface area (TPSA) is 102 Å². The average molecular weight is 345 g/mol. The van der Waals surface area contributed by atoms with Gasteiger partial charge in [-0.15, -0.1) is 0 Å². The molecule has 0 aromatic heterocycles. The van der Waals surface area contributed by atoms with Gasteiger partial charge in [0.25, 0.3) is 15.7 Å². The fraction of sp³-hybridized carbons (Fsp3) is 0.0625. The van der Waals surface area contributed by atoms with Gasteiger partial charge in [-0.05, 0) is 24.6 Å². The van der Waals surface area contributed by atoms with Crippen LogP contribution in [-0.4, -0.2) is 19.6 Å². The third kappa shape index (κ3) is 4.50. The van der Waals surface area contributed by atoms with Crippen LogP contribution in [0.15, 0.2) is 64.6 Å². The van der Waals surface area contributed by atoms with E-state index < -0.39 is 14.9 Å². The molecule has 0 saturated carbocycles. The van der Waals surface area contributed by atoms with E-state index in [-0.39, 0.29) is 10.6 Å². The first-order chi connectivity index (χ1) is 11.4. The number of nitro groups is 1. The lowest BCUT2D eigenvalue weighted by Gasteiger charge is -2.04. The van der Waals surface area contributed by atoms with Crippen molar-refractivity contribution >= 4 is 28.0 Å². The van der Waals surface area contributed by atoms with E-state index in [9.17, 15) is 18.5 Å². The van der Waals surface area contributed by atoms with Crippen LogP contribution in [-0.2, 0) is 10.0 Å². The van der Waals surface area contributed by atoms with Crippen molar-refractivity contribution in [3.05, 3.63) is 75.8 Å². The van der Waals surface area contributed by atoms with Crippen molar-refractivity contribution in [2.45, 2.75) is 11.8 Å². The summed E-state index contributed by atoms with van der Waals surface area (Å²) in [5, 5.41) is 14.5. The van der Waals surface area contributed by atoms with Crippen LogP contribution in [0.1, 0.15) is 11.1 Å². The van der Waals surface area contributed by atoms with E-state index in [1.807, 2.05) is 35.2 Å². The molecule has 2 rings (SSSR count). The van der Waals surface area contributed by atoms with Gasteiger partial charge >= 0.3 is 0 Å². The molecule has 0 saturated heterocycles. The molecule has 0 aliphatic carbocycles. The number of hydrogen-bond donors (Lipinski definition) is 1. The highest BCUT2D eigenvalue weighted by Crippen LogP contribution is 2.21. The smallest absolute Gasteiger partial charge is 0.258 e. The Labute approximate surface area is 139 Å². The summed E-state index contributed by atoms with van der Waals surface area (Å²) >= 11 is 0.